The van der Waals surface area contributed by atoms with Gasteiger partial charge in [0, 0.05) is 11.3 Å². The minimum Gasteiger partial charge on any atom is -0.395 e. The van der Waals surface area contributed by atoms with Gasteiger partial charge in [-0.3, -0.25) is 4.79 Å². The number of nitrogens with one attached hydrogen (secondary N) is 1. The Hall–Kier alpha value is -1.00. The fourth-order valence-electron chi connectivity index (χ4n) is 2.92. The molecule has 2 unspecified atom stereocenters. The fourth-order valence-corrected chi connectivity index (χ4v) is 3.54. The van der Waals surface area contributed by atoms with Gasteiger partial charge in [-0.25, -0.2) is 0 Å². The quantitative estimate of drug-likeness (QED) is 0.848. The number of carbonyl (C=O) groups excluding carboxylic acids is 1. The first-order valence-electron chi connectivity index (χ1n) is 7.67. The summed E-state index contributed by atoms with van der Waals surface area (Å²) < 4.78 is 0. The van der Waals surface area contributed by atoms with E-state index in [-0.39, 0.29) is 23.8 Å². The van der Waals surface area contributed by atoms with E-state index < -0.39 is 0 Å². The summed E-state index contributed by atoms with van der Waals surface area (Å²) in [7, 11) is 0. The van der Waals surface area contributed by atoms with Gasteiger partial charge in [0.15, 0.2) is 0 Å². The van der Waals surface area contributed by atoms with Crippen molar-refractivity contribution in [1.29, 1.82) is 0 Å². The zero-order valence-corrected chi connectivity index (χ0v) is 13.7. The molecule has 21 heavy (non-hydrogen) atoms. The lowest BCUT2D eigenvalue weighted by Gasteiger charge is -2.21. The SMILES string of the molecule is CSC(CO)C(C)NC(=O)Cc1ccc2c(c1)CCCC2. The van der Waals surface area contributed by atoms with Gasteiger partial charge in [-0.1, -0.05) is 18.2 Å². The minimum atomic E-state index is -0.0184. The smallest absolute Gasteiger partial charge is 0.224 e. The lowest BCUT2D eigenvalue weighted by Crippen LogP contribution is -2.41. The van der Waals surface area contributed by atoms with E-state index >= 15 is 0 Å². The van der Waals surface area contributed by atoms with E-state index in [0.29, 0.717) is 6.42 Å². The Morgan fingerprint density at radius 1 is 1.33 bits per heavy atom. The molecular formula is C17H25NO2S. The highest BCUT2D eigenvalue weighted by Crippen LogP contribution is 2.22. The molecule has 0 bridgehead atoms. The van der Waals surface area contributed by atoms with Crippen LogP contribution in [0.2, 0.25) is 0 Å². The van der Waals surface area contributed by atoms with E-state index in [4.69, 9.17) is 0 Å². The van der Waals surface area contributed by atoms with Crippen LogP contribution in [-0.4, -0.2) is 35.2 Å². The average Bonchev–Trinajstić information content (AvgIpc) is 2.48. The van der Waals surface area contributed by atoms with Crippen molar-refractivity contribution in [3.8, 4) is 0 Å². The van der Waals surface area contributed by atoms with Crippen LogP contribution in [0.5, 0.6) is 0 Å². The third kappa shape index (κ3) is 4.48. The molecule has 0 radical (unpaired) electrons. The number of benzene rings is 1. The number of hydrogen-bond donors (Lipinski definition) is 2. The van der Waals surface area contributed by atoms with E-state index in [1.807, 2.05) is 13.2 Å². The van der Waals surface area contributed by atoms with Gasteiger partial charge in [-0.2, -0.15) is 11.8 Å². The molecular weight excluding hydrogens is 282 g/mol. The van der Waals surface area contributed by atoms with E-state index in [2.05, 4.69) is 23.5 Å². The largest absolute Gasteiger partial charge is 0.395 e. The number of fused-ring (bicyclic) bond motifs is 1. The van der Waals surface area contributed by atoms with Gasteiger partial charge in [0.05, 0.1) is 13.0 Å². The van der Waals surface area contributed by atoms with Crippen molar-refractivity contribution in [2.75, 3.05) is 12.9 Å². The van der Waals surface area contributed by atoms with Crippen molar-refractivity contribution in [1.82, 2.24) is 5.32 Å². The maximum atomic E-state index is 12.1. The molecule has 1 aromatic carbocycles. The summed E-state index contributed by atoms with van der Waals surface area (Å²) in [5.74, 6) is 0.0331. The third-order valence-corrected chi connectivity index (χ3v) is 5.37. The lowest BCUT2D eigenvalue weighted by molar-refractivity contribution is -0.121. The first kappa shape index (κ1) is 16.4. The summed E-state index contributed by atoms with van der Waals surface area (Å²) in [6, 6.07) is 6.43. The molecule has 2 N–H and O–H groups in total. The molecule has 2 atom stereocenters. The first-order chi connectivity index (χ1) is 10.1. The van der Waals surface area contributed by atoms with Crippen LogP contribution < -0.4 is 5.32 Å². The molecule has 1 aromatic rings. The van der Waals surface area contributed by atoms with E-state index in [9.17, 15) is 9.90 Å². The zero-order valence-electron chi connectivity index (χ0n) is 12.9. The molecule has 2 rings (SSSR count). The predicted octanol–water partition coefficient (Wildman–Crippen LogP) is 2.34. The van der Waals surface area contributed by atoms with Gasteiger partial charge in [0.2, 0.25) is 5.91 Å². The Morgan fingerprint density at radius 2 is 2.05 bits per heavy atom. The molecule has 1 aliphatic carbocycles. The summed E-state index contributed by atoms with van der Waals surface area (Å²) in [5.41, 5.74) is 3.95. The average molecular weight is 307 g/mol. The number of aliphatic hydroxyl groups excluding tert-OH is 1. The number of aryl methyl sites for hydroxylation is 2. The lowest BCUT2D eigenvalue weighted by atomic mass is 9.90. The molecule has 0 saturated carbocycles. The van der Waals surface area contributed by atoms with Crippen LogP contribution in [0.1, 0.15) is 36.5 Å². The number of aliphatic hydroxyl groups is 1. The summed E-state index contributed by atoms with van der Waals surface area (Å²) in [6.45, 7) is 2.03. The highest BCUT2D eigenvalue weighted by molar-refractivity contribution is 7.99. The molecule has 0 heterocycles. The van der Waals surface area contributed by atoms with Crippen molar-refractivity contribution in [2.24, 2.45) is 0 Å². The van der Waals surface area contributed by atoms with Crippen LogP contribution in [0, 0.1) is 0 Å². The Kier molecular flexibility index (Phi) is 6.12. The van der Waals surface area contributed by atoms with Crippen LogP contribution in [-0.2, 0) is 24.1 Å². The van der Waals surface area contributed by atoms with Gasteiger partial charge >= 0.3 is 0 Å². The second kappa shape index (κ2) is 7.85. The maximum absolute atomic E-state index is 12.1. The third-order valence-electron chi connectivity index (χ3n) is 4.21. The monoisotopic (exact) mass is 307 g/mol. The second-order valence-electron chi connectivity index (χ2n) is 5.80. The summed E-state index contributed by atoms with van der Waals surface area (Å²) in [6.07, 6.45) is 7.22. The molecule has 116 valence electrons. The maximum Gasteiger partial charge on any atom is 0.224 e. The Morgan fingerprint density at radius 3 is 2.71 bits per heavy atom. The highest BCUT2D eigenvalue weighted by Gasteiger charge is 2.18. The van der Waals surface area contributed by atoms with Gasteiger partial charge in [0.1, 0.15) is 0 Å². The Bertz CT molecular complexity index is 486. The standard InChI is InChI=1S/C17H25NO2S/c1-12(16(11-19)21-2)18-17(20)10-13-7-8-14-5-3-4-6-15(14)9-13/h7-9,12,16,19H,3-6,10-11H2,1-2H3,(H,18,20). The molecule has 0 aromatic heterocycles. The zero-order chi connectivity index (χ0) is 15.2. The molecule has 4 heteroatoms. The van der Waals surface area contributed by atoms with Crippen molar-refractivity contribution >= 4 is 17.7 Å². The minimum absolute atomic E-state index is 0.0184. The van der Waals surface area contributed by atoms with Crippen molar-refractivity contribution < 1.29 is 9.90 Å². The molecule has 1 amide bonds. The van der Waals surface area contributed by atoms with Crippen LogP contribution in [0.3, 0.4) is 0 Å². The van der Waals surface area contributed by atoms with Crippen LogP contribution in [0.25, 0.3) is 0 Å². The number of thioether (sulfide) groups is 1. The number of carbonyl (C=O) groups is 1. The predicted molar refractivity (Wildman–Crippen MR) is 88.8 cm³/mol. The van der Waals surface area contributed by atoms with Gasteiger partial charge in [-0.05, 0) is 55.6 Å². The number of amides is 1. The molecule has 0 spiro atoms. The summed E-state index contributed by atoms with van der Waals surface area (Å²) in [4.78, 5) is 12.1. The molecule has 3 nitrogen and oxygen atoms in total. The van der Waals surface area contributed by atoms with Gasteiger partial charge in [0.25, 0.3) is 0 Å². The van der Waals surface area contributed by atoms with Crippen LogP contribution >= 0.6 is 11.8 Å². The first-order valence-corrected chi connectivity index (χ1v) is 8.96. The van der Waals surface area contributed by atoms with Gasteiger partial charge < -0.3 is 10.4 Å². The van der Waals surface area contributed by atoms with Gasteiger partial charge in [-0.15, -0.1) is 0 Å². The van der Waals surface area contributed by atoms with Crippen molar-refractivity contribution in [2.45, 2.75) is 50.3 Å². The van der Waals surface area contributed by atoms with Crippen LogP contribution in [0.4, 0.5) is 0 Å². The second-order valence-corrected chi connectivity index (χ2v) is 6.88. The molecule has 0 fully saturated rings. The Labute approximate surface area is 131 Å². The van der Waals surface area contributed by atoms with Crippen LogP contribution in [0.15, 0.2) is 18.2 Å². The molecule has 0 saturated heterocycles. The van der Waals surface area contributed by atoms with Crippen molar-refractivity contribution in [3.05, 3.63) is 34.9 Å². The summed E-state index contributed by atoms with van der Waals surface area (Å²) in [5, 5.41) is 12.3. The summed E-state index contributed by atoms with van der Waals surface area (Å²) >= 11 is 1.58. The van der Waals surface area contributed by atoms with E-state index in [0.717, 1.165) is 12.0 Å². The molecule has 1 aliphatic rings. The number of rotatable bonds is 6. The Balaban J connectivity index is 1.93. The van der Waals surface area contributed by atoms with Crippen molar-refractivity contribution in [3.63, 3.8) is 0 Å². The highest BCUT2D eigenvalue weighted by atomic mass is 32.2. The fraction of sp³-hybridized carbons (Fsp3) is 0.588. The van der Waals surface area contributed by atoms with E-state index in [1.165, 1.54) is 30.4 Å². The topological polar surface area (TPSA) is 49.3 Å². The van der Waals surface area contributed by atoms with E-state index in [1.54, 1.807) is 11.8 Å². The molecule has 0 aliphatic heterocycles. The normalized spacial score (nSPS) is 16.9. The number of hydrogen-bond acceptors (Lipinski definition) is 3.